The van der Waals surface area contributed by atoms with Crippen LogP contribution in [0.15, 0.2) is 48.1 Å². The largest absolute Gasteiger partial charge is 0.347 e. The molecular weight excluding hydrogens is 246 g/mol. The second kappa shape index (κ2) is 4.62. The summed E-state index contributed by atoms with van der Waals surface area (Å²) in [7, 11) is 0. The molecule has 3 aromatic rings. The molecule has 0 saturated carbocycles. The number of carbonyl (C=O) groups is 1. The molecule has 0 fully saturated rings. The summed E-state index contributed by atoms with van der Waals surface area (Å²) < 4.78 is 1.85. The van der Waals surface area contributed by atoms with Gasteiger partial charge < -0.3 is 5.32 Å². The maximum atomic E-state index is 11.9. The van der Waals surface area contributed by atoms with Gasteiger partial charge in [-0.3, -0.25) is 9.20 Å². The lowest BCUT2D eigenvalue weighted by Crippen LogP contribution is -2.23. The molecule has 1 N–H and O–H groups in total. The Hall–Kier alpha value is -2.14. The fourth-order valence-corrected chi connectivity index (χ4v) is 2.41. The lowest BCUT2D eigenvalue weighted by molar-refractivity contribution is 0.0946. The van der Waals surface area contributed by atoms with Crippen molar-refractivity contribution in [3.8, 4) is 0 Å². The van der Waals surface area contributed by atoms with Crippen LogP contribution in [-0.2, 0) is 6.54 Å². The third kappa shape index (κ3) is 2.12. The number of rotatable bonds is 3. The van der Waals surface area contributed by atoms with Crippen molar-refractivity contribution in [2.75, 3.05) is 0 Å². The molecule has 4 nitrogen and oxygen atoms in total. The van der Waals surface area contributed by atoms with E-state index in [0.29, 0.717) is 12.2 Å². The van der Waals surface area contributed by atoms with E-state index in [1.807, 2.05) is 46.3 Å². The Labute approximate surface area is 108 Å². The van der Waals surface area contributed by atoms with E-state index < -0.39 is 0 Å². The predicted molar refractivity (Wildman–Crippen MR) is 70.7 cm³/mol. The predicted octanol–water partition coefficient (Wildman–Crippen LogP) is 2.33. The van der Waals surface area contributed by atoms with Crippen LogP contribution in [0.3, 0.4) is 0 Å². The van der Waals surface area contributed by atoms with Crippen molar-refractivity contribution in [1.29, 1.82) is 0 Å². The van der Waals surface area contributed by atoms with E-state index in [2.05, 4.69) is 10.3 Å². The molecular formula is C13H11N3OS. The van der Waals surface area contributed by atoms with Crippen LogP contribution in [-0.4, -0.2) is 15.3 Å². The lowest BCUT2D eigenvalue weighted by Gasteiger charge is -2.02. The minimum absolute atomic E-state index is 0.144. The van der Waals surface area contributed by atoms with E-state index in [0.717, 1.165) is 10.5 Å². The second-order valence-corrected chi connectivity index (χ2v) is 4.76. The zero-order chi connectivity index (χ0) is 12.4. The van der Waals surface area contributed by atoms with Gasteiger partial charge in [0.25, 0.3) is 5.91 Å². The van der Waals surface area contributed by atoms with Gasteiger partial charge in [-0.1, -0.05) is 30.3 Å². The van der Waals surface area contributed by atoms with Crippen molar-refractivity contribution in [2.45, 2.75) is 6.54 Å². The first-order valence-electron chi connectivity index (χ1n) is 5.57. The normalized spacial score (nSPS) is 10.7. The minimum Gasteiger partial charge on any atom is -0.347 e. The highest BCUT2D eigenvalue weighted by molar-refractivity contribution is 7.15. The maximum absolute atomic E-state index is 11.9. The van der Waals surface area contributed by atoms with Crippen LogP contribution in [0.4, 0.5) is 0 Å². The maximum Gasteiger partial charge on any atom is 0.271 e. The van der Waals surface area contributed by atoms with Crippen molar-refractivity contribution >= 4 is 22.2 Å². The van der Waals surface area contributed by atoms with Crippen molar-refractivity contribution in [3.63, 3.8) is 0 Å². The van der Waals surface area contributed by atoms with E-state index in [4.69, 9.17) is 0 Å². The van der Waals surface area contributed by atoms with Crippen molar-refractivity contribution < 1.29 is 4.79 Å². The molecule has 2 heterocycles. The molecule has 18 heavy (non-hydrogen) atoms. The van der Waals surface area contributed by atoms with E-state index in [1.54, 1.807) is 6.20 Å². The highest BCUT2D eigenvalue weighted by Gasteiger charge is 2.10. The first kappa shape index (κ1) is 11.0. The van der Waals surface area contributed by atoms with Gasteiger partial charge >= 0.3 is 0 Å². The highest BCUT2D eigenvalue weighted by Crippen LogP contribution is 2.11. The monoisotopic (exact) mass is 257 g/mol. The van der Waals surface area contributed by atoms with Crippen LogP contribution >= 0.6 is 11.3 Å². The molecule has 0 spiro atoms. The smallest absolute Gasteiger partial charge is 0.271 e. The second-order valence-electron chi connectivity index (χ2n) is 3.89. The summed E-state index contributed by atoms with van der Waals surface area (Å²) >= 11 is 1.51. The van der Waals surface area contributed by atoms with Gasteiger partial charge in [-0.2, -0.15) is 0 Å². The number of fused-ring (bicyclic) bond motifs is 1. The van der Waals surface area contributed by atoms with Gasteiger partial charge in [-0.05, 0) is 5.56 Å². The average Bonchev–Trinajstić information content (AvgIpc) is 2.98. The fourth-order valence-electron chi connectivity index (χ4n) is 1.71. The van der Waals surface area contributed by atoms with Crippen LogP contribution in [0.5, 0.6) is 0 Å². The lowest BCUT2D eigenvalue weighted by atomic mass is 10.2. The van der Waals surface area contributed by atoms with E-state index in [9.17, 15) is 4.79 Å². The number of hydrogen-bond acceptors (Lipinski definition) is 3. The summed E-state index contributed by atoms with van der Waals surface area (Å²) in [6.45, 7) is 0.519. The van der Waals surface area contributed by atoms with Gasteiger partial charge in [0, 0.05) is 24.3 Å². The minimum atomic E-state index is -0.144. The summed E-state index contributed by atoms with van der Waals surface area (Å²) in [6, 6.07) is 9.81. The topological polar surface area (TPSA) is 46.4 Å². The van der Waals surface area contributed by atoms with Crippen LogP contribution < -0.4 is 5.32 Å². The summed E-state index contributed by atoms with van der Waals surface area (Å²) in [5, 5.41) is 4.79. The quantitative estimate of drug-likeness (QED) is 0.782. The van der Waals surface area contributed by atoms with Crippen molar-refractivity contribution in [2.24, 2.45) is 0 Å². The Kier molecular flexibility index (Phi) is 2.82. The summed E-state index contributed by atoms with van der Waals surface area (Å²) in [6.07, 6.45) is 3.63. The Morgan fingerprint density at radius 3 is 2.94 bits per heavy atom. The number of imidazole rings is 1. The number of thiazole rings is 1. The number of hydrogen-bond donors (Lipinski definition) is 1. The van der Waals surface area contributed by atoms with Gasteiger partial charge in [-0.25, -0.2) is 4.98 Å². The number of benzene rings is 1. The first-order chi connectivity index (χ1) is 8.83. The van der Waals surface area contributed by atoms with Gasteiger partial charge in [-0.15, -0.1) is 11.3 Å². The average molecular weight is 257 g/mol. The number of nitrogens with zero attached hydrogens (tertiary/aromatic N) is 2. The molecule has 2 aromatic heterocycles. The summed E-state index contributed by atoms with van der Waals surface area (Å²) in [5.74, 6) is -0.144. The van der Waals surface area contributed by atoms with Gasteiger partial charge in [0.1, 0.15) is 5.69 Å². The van der Waals surface area contributed by atoms with E-state index >= 15 is 0 Å². The Morgan fingerprint density at radius 2 is 2.17 bits per heavy atom. The molecule has 0 aliphatic heterocycles. The van der Waals surface area contributed by atoms with Crippen molar-refractivity contribution in [1.82, 2.24) is 14.7 Å². The van der Waals surface area contributed by atoms with Crippen LogP contribution in [0, 0.1) is 0 Å². The van der Waals surface area contributed by atoms with Gasteiger partial charge in [0.2, 0.25) is 0 Å². The third-order valence-electron chi connectivity index (χ3n) is 2.62. The highest BCUT2D eigenvalue weighted by atomic mass is 32.1. The van der Waals surface area contributed by atoms with E-state index in [-0.39, 0.29) is 5.91 Å². The molecule has 0 radical (unpaired) electrons. The third-order valence-corrected chi connectivity index (χ3v) is 3.39. The first-order valence-corrected chi connectivity index (χ1v) is 6.45. The Bertz CT molecular complexity index is 643. The van der Waals surface area contributed by atoms with E-state index in [1.165, 1.54) is 11.3 Å². The SMILES string of the molecule is O=C(NCc1ccccc1)c1cn2ccsc2n1. The number of amides is 1. The molecule has 0 atom stereocenters. The number of aromatic nitrogens is 2. The molecule has 1 aromatic carbocycles. The fraction of sp³-hybridized carbons (Fsp3) is 0.0769. The van der Waals surface area contributed by atoms with Crippen LogP contribution in [0.2, 0.25) is 0 Å². The zero-order valence-corrected chi connectivity index (χ0v) is 10.4. The Morgan fingerprint density at radius 1 is 1.33 bits per heavy atom. The molecule has 0 aliphatic carbocycles. The molecule has 1 amide bonds. The number of nitrogens with one attached hydrogen (secondary N) is 1. The van der Waals surface area contributed by atoms with Gasteiger partial charge in [0.15, 0.2) is 4.96 Å². The number of carbonyl (C=O) groups excluding carboxylic acids is 1. The zero-order valence-electron chi connectivity index (χ0n) is 9.54. The summed E-state index contributed by atoms with van der Waals surface area (Å²) in [5.41, 5.74) is 1.53. The van der Waals surface area contributed by atoms with Crippen LogP contribution in [0.1, 0.15) is 16.1 Å². The molecule has 0 bridgehead atoms. The van der Waals surface area contributed by atoms with Crippen LogP contribution in [0.25, 0.3) is 4.96 Å². The van der Waals surface area contributed by atoms with Gasteiger partial charge in [0.05, 0.1) is 0 Å². The molecule has 90 valence electrons. The summed E-state index contributed by atoms with van der Waals surface area (Å²) in [4.78, 5) is 17.0. The molecule has 5 heteroatoms. The van der Waals surface area contributed by atoms with Crippen molar-refractivity contribution in [3.05, 3.63) is 59.4 Å². The Balaban J connectivity index is 1.70. The molecule has 3 rings (SSSR count). The molecule has 0 saturated heterocycles. The molecule has 0 unspecified atom stereocenters. The standard InChI is InChI=1S/C13H11N3OS/c17-12(14-8-10-4-2-1-3-5-10)11-9-16-6-7-18-13(16)15-11/h1-7,9H,8H2,(H,14,17). The molecule has 0 aliphatic rings.